The fourth-order valence-corrected chi connectivity index (χ4v) is 3.70. The lowest BCUT2D eigenvalue weighted by molar-refractivity contribution is 0.219. The summed E-state index contributed by atoms with van der Waals surface area (Å²) in [6.45, 7) is 2.66. The fraction of sp³-hybridized carbons (Fsp3) is 0.263. The van der Waals surface area contributed by atoms with E-state index in [-0.39, 0.29) is 16.9 Å². The first-order valence-corrected chi connectivity index (χ1v) is 8.45. The Morgan fingerprint density at radius 3 is 2.92 bits per heavy atom. The van der Waals surface area contributed by atoms with E-state index < -0.39 is 0 Å². The van der Waals surface area contributed by atoms with Gasteiger partial charge in [-0.15, -0.1) is 0 Å². The molecule has 0 amide bonds. The third-order valence-electron chi connectivity index (χ3n) is 4.58. The summed E-state index contributed by atoms with van der Waals surface area (Å²) in [5.74, 6) is -0.378. The van der Waals surface area contributed by atoms with Gasteiger partial charge in [0.25, 0.3) is 0 Å². The van der Waals surface area contributed by atoms with E-state index in [4.69, 9.17) is 16.0 Å². The third kappa shape index (κ3) is 2.87. The van der Waals surface area contributed by atoms with Crippen LogP contribution in [0.1, 0.15) is 29.3 Å². The lowest BCUT2D eigenvalue weighted by atomic mass is 10.0. The highest BCUT2D eigenvalue weighted by Crippen LogP contribution is 2.33. The van der Waals surface area contributed by atoms with Crippen LogP contribution in [0.2, 0.25) is 5.02 Å². The van der Waals surface area contributed by atoms with E-state index >= 15 is 0 Å². The molecule has 2 aromatic heterocycles. The zero-order valence-corrected chi connectivity index (χ0v) is 13.9. The molecule has 0 saturated carbocycles. The average Bonchev–Trinajstić information content (AvgIpc) is 3.22. The van der Waals surface area contributed by atoms with Crippen LogP contribution in [0, 0.1) is 5.82 Å². The Morgan fingerprint density at radius 2 is 2.12 bits per heavy atom. The zero-order valence-electron chi connectivity index (χ0n) is 13.2. The van der Waals surface area contributed by atoms with Crippen LogP contribution in [0.15, 0.2) is 59.5 Å². The normalized spacial score (nSPS) is 18.3. The standard InChI is InChI=1S/C19H18ClFN2O/c20-16-11-14(4-5-17(16)21)12-23-9-2-8-22-7-1-3-18(22)19(23)15-6-10-24-13-15/h1,3-7,10-11,13,19H,2,8-9,12H2. The van der Waals surface area contributed by atoms with Crippen LogP contribution >= 0.6 is 11.6 Å². The molecule has 3 aromatic rings. The number of aromatic nitrogens is 1. The summed E-state index contributed by atoms with van der Waals surface area (Å²) in [7, 11) is 0. The lowest BCUT2D eigenvalue weighted by Gasteiger charge is -2.29. The molecule has 3 heterocycles. The summed E-state index contributed by atoms with van der Waals surface area (Å²) < 4.78 is 21.1. The van der Waals surface area contributed by atoms with Gasteiger partial charge < -0.3 is 8.98 Å². The molecule has 0 bridgehead atoms. The van der Waals surface area contributed by atoms with Gasteiger partial charge in [-0.05, 0) is 42.3 Å². The predicted molar refractivity (Wildman–Crippen MR) is 91.4 cm³/mol. The van der Waals surface area contributed by atoms with Crippen molar-refractivity contribution in [3.63, 3.8) is 0 Å². The van der Waals surface area contributed by atoms with E-state index in [1.807, 2.05) is 6.07 Å². The maximum atomic E-state index is 13.4. The highest BCUT2D eigenvalue weighted by molar-refractivity contribution is 6.30. The van der Waals surface area contributed by atoms with Crippen LogP contribution in [0.3, 0.4) is 0 Å². The number of rotatable bonds is 3. The van der Waals surface area contributed by atoms with Gasteiger partial charge in [0.2, 0.25) is 0 Å². The molecule has 5 heteroatoms. The number of hydrogen-bond donors (Lipinski definition) is 0. The van der Waals surface area contributed by atoms with E-state index in [2.05, 4.69) is 27.8 Å². The van der Waals surface area contributed by atoms with Crippen molar-refractivity contribution in [1.82, 2.24) is 9.47 Å². The second-order valence-corrected chi connectivity index (χ2v) is 6.57. The van der Waals surface area contributed by atoms with Crippen LogP contribution in [0.25, 0.3) is 0 Å². The second-order valence-electron chi connectivity index (χ2n) is 6.16. The van der Waals surface area contributed by atoms with Gasteiger partial charge in [-0.1, -0.05) is 17.7 Å². The van der Waals surface area contributed by atoms with Crippen LogP contribution in [0.4, 0.5) is 4.39 Å². The number of aryl methyl sites for hydroxylation is 1. The minimum absolute atomic E-state index is 0.116. The lowest BCUT2D eigenvalue weighted by Crippen LogP contribution is -2.29. The number of furan rings is 1. The van der Waals surface area contributed by atoms with Crippen molar-refractivity contribution >= 4 is 11.6 Å². The summed E-state index contributed by atoms with van der Waals surface area (Å²) in [6, 6.07) is 11.3. The van der Waals surface area contributed by atoms with Gasteiger partial charge in [-0.2, -0.15) is 0 Å². The Balaban J connectivity index is 1.70. The van der Waals surface area contributed by atoms with Gasteiger partial charge in [-0.25, -0.2) is 4.39 Å². The van der Waals surface area contributed by atoms with E-state index in [0.717, 1.165) is 30.6 Å². The number of hydrogen-bond acceptors (Lipinski definition) is 2. The Kier molecular flexibility index (Phi) is 4.17. The number of halogens is 2. The van der Waals surface area contributed by atoms with Crippen LogP contribution in [-0.4, -0.2) is 16.0 Å². The zero-order chi connectivity index (χ0) is 16.5. The van der Waals surface area contributed by atoms with Crippen LogP contribution in [-0.2, 0) is 13.1 Å². The Labute approximate surface area is 145 Å². The molecule has 0 spiro atoms. The van der Waals surface area contributed by atoms with Crippen molar-refractivity contribution < 1.29 is 8.81 Å². The molecule has 3 nitrogen and oxygen atoms in total. The molecule has 4 rings (SSSR count). The van der Waals surface area contributed by atoms with Crippen LogP contribution < -0.4 is 0 Å². The first-order chi connectivity index (χ1) is 11.7. The summed E-state index contributed by atoms with van der Waals surface area (Å²) in [5, 5.41) is 0.172. The van der Waals surface area contributed by atoms with Gasteiger partial charge in [0.15, 0.2) is 0 Å². The molecule has 0 fully saturated rings. The molecule has 1 aromatic carbocycles. The molecular formula is C19H18ClFN2O. The maximum Gasteiger partial charge on any atom is 0.141 e. The molecule has 0 saturated heterocycles. The Morgan fingerprint density at radius 1 is 1.21 bits per heavy atom. The summed E-state index contributed by atoms with van der Waals surface area (Å²) in [6.07, 6.45) is 6.70. The van der Waals surface area contributed by atoms with Gasteiger partial charge in [0.1, 0.15) is 5.82 Å². The smallest absolute Gasteiger partial charge is 0.141 e. The third-order valence-corrected chi connectivity index (χ3v) is 4.87. The quantitative estimate of drug-likeness (QED) is 0.676. The van der Waals surface area contributed by atoms with E-state index in [0.29, 0.717) is 6.54 Å². The largest absolute Gasteiger partial charge is 0.472 e. The molecular weight excluding hydrogens is 327 g/mol. The second kappa shape index (κ2) is 6.46. The average molecular weight is 345 g/mol. The predicted octanol–water partition coefficient (Wildman–Crippen LogP) is 4.87. The highest BCUT2D eigenvalue weighted by Gasteiger charge is 2.28. The molecule has 24 heavy (non-hydrogen) atoms. The summed E-state index contributed by atoms with van der Waals surface area (Å²) in [5.41, 5.74) is 3.39. The van der Waals surface area contributed by atoms with E-state index in [1.165, 1.54) is 11.8 Å². The molecule has 1 atom stereocenters. The summed E-state index contributed by atoms with van der Waals surface area (Å²) in [4.78, 5) is 2.40. The molecule has 124 valence electrons. The molecule has 0 N–H and O–H groups in total. The highest BCUT2D eigenvalue weighted by atomic mass is 35.5. The molecule has 1 unspecified atom stereocenters. The monoisotopic (exact) mass is 344 g/mol. The fourth-order valence-electron chi connectivity index (χ4n) is 3.49. The minimum Gasteiger partial charge on any atom is -0.472 e. The van der Waals surface area contributed by atoms with Gasteiger partial charge >= 0.3 is 0 Å². The van der Waals surface area contributed by atoms with Gasteiger partial charge in [0.05, 0.1) is 23.6 Å². The first-order valence-electron chi connectivity index (χ1n) is 8.07. The van der Waals surface area contributed by atoms with E-state index in [9.17, 15) is 4.39 Å². The van der Waals surface area contributed by atoms with Crippen molar-refractivity contribution in [2.24, 2.45) is 0 Å². The van der Waals surface area contributed by atoms with Crippen molar-refractivity contribution in [3.05, 3.63) is 82.8 Å². The minimum atomic E-state index is -0.378. The van der Waals surface area contributed by atoms with Crippen molar-refractivity contribution in [2.45, 2.75) is 25.6 Å². The Bertz CT molecular complexity index is 828. The Hall–Kier alpha value is -2.04. The van der Waals surface area contributed by atoms with Gasteiger partial charge in [0, 0.05) is 37.1 Å². The SMILES string of the molecule is Fc1ccc(CN2CCCn3cccc3C2c2ccoc2)cc1Cl. The van der Waals surface area contributed by atoms with Crippen molar-refractivity contribution in [1.29, 1.82) is 0 Å². The van der Waals surface area contributed by atoms with Crippen LogP contribution in [0.5, 0.6) is 0 Å². The van der Waals surface area contributed by atoms with Crippen molar-refractivity contribution in [3.8, 4) is 0 Å². The van der Waals surface area contributed by atoms with E-state index in [1.54, 1.807) is 24.7 Å². The molecule has 0 aliphatic carbocycles. The van der Waals surface area contributed by atoms with Gasteiger partial charge in [-0.3, -0.25) is 4.90 Å². The first kappa shape index (κ1) is 15.5. The molecule has 1 aliphatic rings. The number of fused-ring (bicyclic) bond motifs is 1. The molecule has 0 radical (unpaired) electrons. The summed E-state index contributed by atoms with van der Waals surface area (Å²) >= 11 is 5.95. The number of benzene rings is 1. The maximum absolute atomic E-state index is 13.4. The number of nitrogens with zero attached hydrogens (tertiary/aromatic N) is 2. The van der Waals surface area contributed by atoms with Crippen molar-refractivity contribution in [2.75, 3.05) is 6.54 Å². The topological polar surface area (TPSA) is 21.3 Å². The molecule has 1 aliphatic heterocycles.